The van der Waals surface area contributed by atoms with Crippen LogP contribution in [-0.4, -0.2) is 43.0 Å². The van der Waals surface area contributed by atoms with Crippen molar-refractivity contribution in [2.45, 2.75) is 38.1 Å². The highest BCUT2D eigenvalue weighted by Crippen LogP contribution is 2.33. The van der Waals surface area contributed by atoms with E-state index in [1.807, 2.05) is 0 Å². The van der Waals surface area contributed by atoms with Gasteiger partial charge in [0.25, 0.3) is 0 Å². The summed E-state index contributed by atoms with van der Waals surface area (Å²) in [6.45, 7) is 5.29. The third-order valence-corrected chi connectivity index (χ3v) is 4.11. The van der Waals surface area contributed by atoms with E-state index < -0.39 is 5.54 Å². The van der Waals surface area contributed by atoms with E-state index >= 15 is 0 Å². The topological polar surface area (TPSA) is 58.4 Å². The second kappa shape index (κ2) is 4.00. The van der Waals surface area contributed by atoms with Gasteiger partial charge in [0.2, 0.25) is 5.91 Å². The van der Waals surface area contributed by atoms with E-state index in [4.69, 9.17) is 5.73 Å². The molecule has 0 bridgehead atoms. The van der Waals surface area contributed by atoms with Crippen LogP contribution in [0.1, 0.15) is 32.6 Å². The van der Waals surface area contributed by atoms with Crippen LogP contribution in [-0.2, 0) is 4.79 Å². The molecule has 4 heteroatoms. The first-order valence-corrected chi connectivity index (χ1v) is 6.19. The van der Waals surface area contributed by atoms with Crippen LogP contribution in [0.3, 0.4) is 0 Å². The minimum Gasteiger partial charge on any atom is -0.354 e. The summed E-state index contributed by atoms with van der Waals surface area (Å²) in [5, 5.41) is 3.03. The summed E-state index contributed by atoms with van der Waals surface area (Å²) in [6.07, 6.45) is 4.00. The highest BCUT2D eigenvalue weighted by atomic mass is 16.2. The molecule has 1 aliphatic heterocycles. The summed E-state index contributed by atoms with van der Waals surface area (Å²) in [7, 11) is 2.15. The minimum absolute atomic E-state index is 0.0488. The van der Waals surface area contributed by atoms with E-state index in [0.29, 0.717) is 0 Å². The largest absolute Gasteiger partial charge is 0.354 e. The smallest absolute Gasteiger partial charge is 0.240 e. The van der Waals surface area contributed by atoms with Crippen LogP contribution in [0.15, 0.2) is 0 Å². The lowest BCUT2D eigenvalue weighted by molar-refractivity contribution is -0.123. The average molecular weight is 225 g/mol. The summed E-state index contributed by atoms with van der Waals surface area (Å²) in [5.41, 5.74) is 5.58. The fourth-order valence-electron chi connectivity index (χ4n) is 2.17. The Morgan fingerprint density at radius 3 is 2.38 bits per heavy atom. The number of piperidine rings is 1. The van der Waals surface area contributed by atoms with Crippen LogP contribution in [0.25, 0.3) is 0 Å². The molecule has 0 aromatic carbocycles. The van der Waals surface area contributed by atoms with Gasteiger partial charge in [-0.15, -0.1) is 0 Å². The normalized spacial score (nSPS) is 27.4. The van der Waals surface area contributed by atoms with E-state index in [-0.39, 0.29) is 11.3 Å². The Morgan fingerprint density at radius 2 is 1.88 bits per heavy atom. The van der Waals surface area contributed by atoms with Crippen LogP contribution < -0.4 is 11.1 Å². The predicted molar refractivity (Wildman–Crippen MR) is 64.0 cm³/mol. The molecule has 92 valence electrons. The van der Waals surface area contributed by atoms with Crippen LogP contribution in [0, 0.1) is 5.41 Å². The summed E-state index contributed by atoms with van der Waals surface area (Å²) >= 11 is 0. The van der Waals surface area contributed by atoms with Gasteiger partial charge in [0.1, 0.15) is 0 Å². The molecular weight excluding hydrogens is 202 g/mol. The number of carbonyl (C=O) groups is 1. The van der Waals surface area contributed by atoms with E-state index in [1.165, 1.54) is 0 Å². The van der Waals surface area contributed by atoms with Gasteiger partial charge in [-0.2, -0.15) is 0 Å². The minimum atomic E-state index is -0.526. The molecule has 1 aliphatic carbocycles. The van der Waals surface area contributed by atoms with Gasteiger partial charge >= 0.3 is 0 Å². The van der Waals surface area contributed by atoms with E-state index in [2.05, 4.69) is 24.2 Å². The van der Waals surface area contributed by atoms with Crippen molar-refractivity contribution in [2.75, 3.05) is 26.7 Å². The monoisotopic (exact) mass is 225 g/mol. The zero-order valence-corrected chi connectivity index (χ0v) is 10.4. The van der Waals surface area contributed by atoms with Crippen molar-refractivity contribution in [2.24, 2.45) is 11.1 Å². The van der Waals surface area contributed by atoms with Gasteiger partial charge in [-0.25, -0.2) is 0 Å². The van der Waals surface area contributed by atoms with E-state index in [0.717, 1.165) is 45.3 Å². The SMILES string of the molecule is CN1CCC(C)(CNC(=O)C2(N)CC2)CC1. The van der Waals surface area contributed by atoms with Crippen molar-refractivity contribution >= 4 is 5.91 Å². The van der Waals surface area contributed by atoms with Crippen molar-refractivity contribution in [3.63, 3.8) is 0 Å². The van der Waals surface area contributed by atoms with Crippen molar-refractivity contribution in [3.05, 3.63) is 0 Å². The van der Waals surface area contributed by atoms with Crippen LogP contribution >= 0.6 is 0 Å². The average Bonchev–Trinajstić information content (AvgIpc) is 3.00. The molecule has 0 atom stereocenters. The number of carbonyl (C=O) groups excluding carboxylic acids is 1. The number of hydrogen-bond donors (Lipinski definition) is 2. The fourth-order valence-corrected chi connectivity index (χ4v) is 2.17. The van der Waals surface area contributed by atoms with Gasteiger partial charge in [-0.05, 0) is 51.2 Å². The lowest BCUT2D eigenvalue weighted by Crippen LogP contribution is -2.48. The molecule has 1 heterocycles. The molecule has 0 spiro atoms. The van der Waals surface area contributed by atoms with Crippen molar-refractivity contribution in [3.8, 4) is 0 Å². The molecule has 0 radical (unpaired) electrons. The van der Waals surface area contributed by atoms with Gasteiger partial charge in [-0.1, -0.05) is 6.92 Å². The Morgan fingerprint density at radius 1 is 1.31 bits per heavy atom. The zero-order chi connectivity index (χ0) is 11.8. The maximum atomic E-state index is 11.7. The van der Waals surface area contributed by atoms with E-state index in [9.17, 15) is 4.79 Å². The molecule has 1 amide bonds. The number of nitrogens with one attached hydrogen (secondary N) is 1. The van der Waals surface area contributed by atoms with Crippen molar-refractivity contribution in [1.29, 1.82) is 0 Å². The summed E-state index contributed by atoms with van der Waals surface area (Å²) in [4.78, 5) is 14.1. The maximum absolute atomic E-state index is 11.7. The Kier molecular flexibility index (Phi) is 2.97. The lowest BCUT2D eigenvalue weighted by Gasteiger charge is -2.38. The Labute approximate surface area is 97.6 Å². The molecule has 2 aliphatic rings. The van der Waals surface area contributed by atoms with Crippen molar-refractivity contribution in [1.82, 2.24) is 10.2 Å². The molecular formula is C12H23N3O. The maximum Gasteiger partial charge on any atom is 0.240 e. The zero-order valence-electron chi connectivity index (χ0n) is 10.4. The number of likely N-dealkylation sites (tertiary alicyclic amines) is 1. The van der Waals surface area contributed by atoms with Crippen LogP contribution in [0.2, 0.25) is 0 Å². The second-order valence-corrected chi connectivity index (χ2v) is 5.95. The van der Waals surface area contributed by atoms with Gasteiger partial charge in [0, 0.05) is 6.54 Å². The van der Waals surface area contributed by atoms with Crippen molar-refractivity contribution < 1.29 is 4.79 Å². The van der Waals surface area contributed by atoms with Gasteiger partial charge in [0.15, 0.2) is 0 Å². The highest BCUT2D eigenvalue weighted by Gasteiger charge is 2.46. The number of nitrogens with zero attached hydrogens (tertiary/aromatic N) is 1. The predicted octanol–water partition coefficient (Wildman–Crippen LogP) is 0.326. The van der Waals surface area contributed by atoms with Gasteiger partial charge < -0.3 is 16.0 Å². The Bertz CT molecular complexity index is 278. The quantitative estimate of drug-likeness (QED) is 0.727. The molecule has 16 heavy (non-hydrogen) atoms. The molecule has 2 fully saturated rings. The van der Waals surface area contributed by atoms with Gasteiger partial charge in [-0.3, -0.25) is 4.79 Å². The molecule has 3 N–H and O–H groups in total. The molecule has 2 rings (SSSR count). The number of hydrogen-bond acceptors (Lipinski definition) is 3. The molecule has 0 aromatic heterocycles. The molecule has 1 saturated heterocycles. The van der Waals surface area contributed by atoms with Crippen LogP contribution in [0.4, 0.5) is 0 Å². The summed E-state index contributed by atoms with van der Waals surface area (Å²) < 4.78 is 0. The molecule has 1 saturated carbocycles. The fraction of sp³-hybridized carbons (Fsp3) is 0.917. The summed E-state index contributed by atoms with van der Waals surface area (Å²) in [6, 6.07) is 0. The Balaban J connectivity index is 1.78. The summed E-state index contributed by atoms with van der Waals surface area (Å²) in [5.74, 6) is 0.0488. The number of rotatable bonds is 3. The second-order valence-electron chi connectivity index (χ2n) is 5.95. The first kappa shape index (κ1) is 11.9. The lowest BCUT2D eigenvalue weighted by atomic mass is 9.80. The molecule has 0 aromatic rings. The van der Waals surface area contributed by atoms with E-state index in [1.54, 1.807) is 0 Å². The first-order chi connectivity index (χ1) is 7.44. The standard InChI is InChI=1S/C12H23N3O/c1-11(5-7-15(2)8-6-11)9-14-10(16)12(13)3-4-12/h3-9,13H2,1-2H3,(H,14,16). The molecule has 4 nitrogen and oxygen atoms in total. The highest BCUT2D eigenvalue weighted by molar-refractivity contribution is 5.88. The third kappa shape index (κ3) is 2.55. The third-order valence-electron chi connectivity index (χ3n) is 4.11. The number of nitrogens with two attached hydrogens (primary N) is 1. The Hall–Kier alpha value is -0.610. The first-order valence-electron chi connectivity index (χ1n) is 6.19. The van der Waals surface area contributed by atoms with Crippen LogP contribution in [0.5, 0.6) is 0 Å². The molecule has 0 unspecified atom stereocenters. The number of amides is 1. The van der Waals surface area contributed by atoms with Gasteiger partial charge in [0.05, 0.1) is 5.54 Å².